The number of nitrogens with zero attached hydrogens (tertiary/aromatic N) is 3. The molecule has 1 atom stereocenters. The van der Waals surface area contributed by atoms with E-state index in [2.05, 4.69) is 35.0 Å². The van der Waals surface area contributed by atoms with Gasteiger partial charge in [0.1, 0.15) is 5.82 Å². The highest BCUT2D eigenvalue weighted by molar-refractivity contribution is 7.75. The van der Waals surface area contributed by atoms with Crippen molar-refractivity contribution < 1.29 is 23.6 Å². The molecule has 0 fully saturated rings. The van der Waals surface area contributed by atoms with Crippen molar-refractivity contribution in [3.05, 3.63) is 60.3 Å². The molecule has 12 heteroatoms. The molecule has 0 saturated heterocycles. The molecule has 37 heavy (non-hydrogen) atoms. The number of aromatic nitrogens is 2. The normalized spacial score (nSPS) is 12.4. The maximum atomic E-state index is 12.3. The van der Waals surface area contributed by atoms with Crippen molar-refractivity contribution in [2.24, 2.45) is 4.36 Å². The van der Waals surface area contributed by atoms with Crippen LogP contribution in [0, 0.1) is 0 Å². The lowest BCUT2D eigenvalue weighted by Crippen LogP contribution is -2.22. The number of aliphatic hydroxyl groups is 1. The van der Waals surface area contributed by atoms with Crippen LogP contribution in [-0.2, 0) is 19.5 Å². The lowest BCUT2D eigenvalue weighted by molar-refractivity contribution is 0.0955. The summed E-state index contributed by atoms with van der Waals surface area (Å²) in [7, 11) is -1.88. The van der Waals surface area contributed by atoms with Gasteiger partial charge in [0.05, 0.1) is 13.2 Å². The van der Waals surface area contributed by atoms with Gasteiger partial charge >= 0.3 is 6.09 Å². The van der Waals surface area contributed by atoms with E-state index >= 15 is 0 Å². The predicted molar refractivity (Wildman–Crippen MR) is 141 cm³/mol. The molecule has 0 aliphatic carbocycles. The number of rotatable bonds is 10. The number of aliphatic hydroxyl groups excluding tert-OH is 1. The van der Waals surface area contributed by atoms with Crippen LogP contribution in [0.25, 0.3) is 11.1 Å². The number of nitrogens with one attached hydrogen (secondary N) is 3. The molecule has 3 rings (SSSR count). The van der Waals surface area contributed by atoms with Crippen LogP contribution in [0.1, 0.15) is 31.1 Å². The third-order valence-electron chi connectivity index (χ3n) is 4.96. The standard InChI is InChI=1S/C25H29N6O5S/c1-4-26-23(33)18-8-6-7-17(13-18)21-14-27-24(30-22(21)28-16(3)15-32)29-19-9-11-20(12-10-19)37(35)31-25(34)36-5-2/h6-14,16,32H,4-5,15H2,1-3H3,(H,26,33)(H2,27,28,29,30)/q-1/t16-/m1/s1. The zero-order chi connectivity index (χ0) is 26.8. The Labute approximate surface area is 216 Å². The van der Waals surface area contributed by atoms with Crippen LogP contribution in [0.2, 0.25) is 0 Å². The van der Waals surface area contributed by atoms with Gasteiger partial charge in [-0.25, -0.2) is 9.78 Å². The van der Waals surface area contributed by atoms with E-state index in [1.807, 2.05) is 19.9 Å². The van der Waals surface area contributed by atoms with E-state index in [1.165, 1.54) is 0 Å². The van der Waals surface area contributed by atoms with Crippen molar-refractivity contribution in [1.29, 1.82) is 0 Å². The largest absolute Gasteiger partial charge is 0.450 e. The van der Waals surface area contributed by atoms with E-state index in [4.69, 9.17) is 0 Å². The maximum absolute atomic E-state index is 12.3. The van der Waals surface area contributed by atoms with Gasteiger partial charge in [-0.15, -0.1) is 10.6 Å². The Morgan fingerprint density at radius 2 is 1.92 bits per heavy atom. The van der Waals surface area contributed by atoms with Gasteiger partial charge in [0.2, 0.25) is 5.95 Å². The van der Waals surface area contributed by atoms with Crippen molar-refractivity contribution in [2.45, 2.75) is 31.7 Å². The molecule has 0 aliphatic heterocycles. The summed E-state index contributed by atoms with van der Waals surface area (Å²) >= 11 is 0. The van der Waals surface area contributed by atoms with E-state index in [-0.39, 0.29) is 31.1 Å². The van der Waals surface area contributed by atoms with Gasteiger partial charge in [-0.1, -0.05) is 29.2 Å². The van der Waals surface area contributed by atoms with Crippen LogP contribution in [0.3, 0.4) is 0 Å². The Morgan fingerprint density at radius 3 is 2.59 bits per heavy atom. The monoisotopic (exact) mass is 525 g/mol. The minimum atomic E-state index is -1.88. The highest BCUT2D eigenvalue weighted by Gasteiger charge is 2.14. The average molecular weight is 526 g/mol. The summed E-state index contributed by atoms with van der Waals surface area (Å²) in [6.45, 7) is 5.86. The van der Waals surface area contributed by atoms with Crippen LogP contribution in [0.15, 0.2) is 64.0 Å². The second-order valence-electron chi connectivity index (χ2n) is 7.81. The lowest BCUT2D eigenvalue weighted by atomic mass is 10.0. The highest BCUT2D eigenvalue weighted by Crippen LogP contribution is 2.29. The molecule has 2 amide bonds. The van der Waals surface area contributed by atoms with Crippen molar-refractivity contribution >= 4 is 40.0 Å². The molecule has 0 unspecified atom stereocenters. The van der Waals surface area contributed by atoms with Gasteiger partial charge in [-0.05, 0) is 50.6 Å². The Bertz CT molecular complexity index is 1330. The fourth-order valence-corrected chi connectivity index (χ4v) is 3.85. The van der Waals surface area contributed by atoms with Gasteiger partial charge in [0.15, 0.2) is 0 Å². The van der Waals surface area contributed by atoms with Crippen LogP contribution >= 0.6 is 0 Å². The Balaban J connectivity index is 1.87. The van der Waals surface area contributed by atoms with Crippen molar-refractivity contribution in [3.63, 3.8) is 0 Å². The molecule has 3 aromatic rings. The summed E-state index contributed by atoms with van der Waals surface area (Å²) in [5.74, 6) is 0.570. The summed E-state index contributed by atoms with van der Waals surface area (Å²) in [6, 6.07) is 13.3. The van der Waals surface area contributed by atoms with Gasteiger partial charge in [0.25, 0.3) is 5.91 Å². The number of ether oxygens (including phenoxy) is 1. The number of amides is 2. The number of hydrogen-bond acceptors (Lipinski definition) is 10. The van der Waals surface area contributed by atoms with Crippen LogP contribution in [0.5, 0.6) is 0 Å². The number of benzene rings is 2. The quantitative estimate of drug-likeness (QED) is 0.286. The summed E-state index contributed by atoms with van der Waals surface area (Å²) in [5, 5.41) is 18.6. The summed E-state index contributed by atoms with van der Waals surface area (Å²) in [4.78, 5) is 33.0. The van der Waals surface area contributed by atoms with E-state index < -0.39 is 16.7 Å². The fraction of sp³-hybridized carbons (Fsp3) is 0.280. The molecule has 1 aromatic heterocycles. The number of carbonyl (C=O) groups excluding carboxylic acids is 2. The molecular formula is C25H29N6O5S-. The summed E-state index contributed by atoms with van der Waals surface area (Å²) in [5.41, 5.74) is 2.52. The summed E-state index contributed by atoms with van der Waals surface area (Å²) in [6.07, 6.45) is 0.741. The van der Waals surface area contributed by atoms with Crippen LogP contribution < -0.4 is 16.0 Å². The second-order valence-corrected chi connectivity index (χ2v) is 8.97. The molecule has 0 radical (unpaired) electrons. The van der Waals surface area contributed by atoms with Crippen molar-refractivity contribution in [1.82, 2.24) is 15.3 Å². The Hall–Kier alpha value is -4.03. The molecule has 0 saturated carbocycles. The minimum absolute atomic E-state index is 0.111. The molecule has 4 N–H and O–H groups in total. The predicted octanol–water partition coefficient (Wildman–Crippen LogP) is 4.09. The molecular weight excluding hydrogens is 496 g/mol. The van der Waals surface area contributed by atoms with Crippen LogP contribution in [0.4, 0.5) is 22.2 Å². The summed E-state index contributed by atoms with van der Waals surface area (Å²) < 4.78 is 20.4. The number of hydrogen-bond donors (Lipinski definition) is 4. The van der Waals surface area contributed by atoms with E-state index in [0.717, 1.165) is 5.56 Å². The fourth-order valence-electron chi connectivity index (χ4n) is 3.19. The van der Waals surface area contributed by atoms with Gasteiger partial charge in [-0.3, -0.25) is 9.16 Å². The molecule has 1 heterocycles. The molecule has 2 aromatic carbocycles. The molecule has 0 bridgehead atoms. The molecule has 11 nitrogen and oxygen atoms in total. The van der Waals surface area contributed by atoms with E-state index in [0.29, 0.717) is 34.1 Å². The van der Waals surface area contributed by atoms with Crippen molar-refractivity contribution in [2.75, 3.05) is 30.4 Å². The average Bonchev–Trinajstić information content (AvgIpc) is 2.89. The highest BCUT2D eigenvalue weighted by atomic mass is 32.2. The zero-order valence-corrected chi connectivity index (χ0v) is 21.5. The topological polar surface area (TPSA) is 155 Å². The van der Waals surface area contributed by atoms with Gasteiger partial charge in [0, 0.05) is 35.6 Å². The first-order valence-corrected chi connectivity index (χ1v) is 12.8. The smallest absolute Gasteiger partial charge is 0.410 e. The first-order valence-electron chi connectivity index (χ1n) is 11.6. The third kappa shape index (κ3) is 7.72. The van der Waals surface area contributed by atoms with Crippen molar-refractivity contribution in [3.8, 4) is 11.1 Å². The SMILES string of the molecule is CCNC(=O)c1cccc(-c2cnc(Nc3ccc([S-](=O)=NC(=O)OCC)cc3)nc2N[C@H](C)CO)c1. The maximum Gasteiger partial charge on any atom is 0.410 e. The zero-order valence-electron chi connectivity index (χ0n) is 20.7. The first-order chi connectivity index (χ1) is 17.8. The Morgan fingerprint density at radius 1 is 1.16 bits per heavy atom. The Kier molecular flexibility index (Phi) is 9.92. The minimum Gasteiger partial charge on any atom is -0.450 e. The molecule has 196 valence electrons. The number of carbonyl (C=O) groups is 2. The van der Waals surface area contributed by atoms with Crippen LogP contribution in [-0.4, -0.2) is 52.9 Å². The lowest BCUT2D eigenvalue weighted by Gasteiger charge is -2.17. The van der Waals surface area contributed by atoms with E-state index in [1.54, 1.807) is 55.6 Å². The van der Waals surface area contributed by atoms with Gasteiger partial charge < -0.3 is 30.0 Å². The second kappa shape index (κ2) is 13.3. The third-order valence-corrected chi connectivity index (χ3v) is 5.95. The van der Waals surface area contributed by atoms with Gasteiger partial charge in [-0.2, -0.15) is 4.98 Å². The van der Waals surface area contributed by atoms with E-state index in [9.17, 15) is 18.9 Å². The molecule has 0 spiro atoms. The first kappa shape index (κ1) is 27.6. The molecule has 0 aliphatic rings. The number of anilines is 3.